The highest BCUT2D eigenvalue weighted by atomic mass is 35.5. The molecule has 9 heteroatoms. The maximum Gasteiger partial charge on any atom is 0.289 e. The van der Waals surface area contributed by atoms with E-state index in [-0.39, 0.29) is 24.2 Å². The minimum Gasteiger partial charge on any atom is -0.455 e. The first-order chi connectivity index (χ1) is 16.0. The Balaban J connectivity index is 1.14. The lowest BCUT2D eigenvalue weighted by molar-refractivity contribution is 0.0596. The number of halogens is 1. The number of fused-ring (bicyclic) bond motifs is 1. The lowest BCUT2D eigenvalue weighted by atomic mass is 10.1. The van der Waals surface area contributed by atoms with Crippen molar-refractivity contribution < 1.29 is 22.9 Å². The standard InChI is InChI=1S/C24H23ClN2O5S/c25-18-2-5-20(6-3-18)33(29)15-19-4-8-22(32-19)24(28)27-11-9-26(10-12-27)14-17-1-7-21-23(13-17)31-16-30-21/h1-8,13H,9-12,14-16H2/t33-/m0/s1. The number of furan rings is 1. The Kier molecular flexibility index (Phi) is 6.39. The van der Waals surface area contributed by atoms with E-state index in [2.05, 4.69) is 4.90 Å². The van der Waals surface area contributed by atoms with Gasteiger partial charge in [0.15, 0.2) is 17.3 Å². The predicted molar refractivity (Wildman–Crippen MR) is 124 cm³/mol. The Morgan fingerprint density at radius 3 is 2.48 bits per heavy atom. The van der Waals surface area contributed by atoms with Gasteiger partial charge in [0.1, 0.15) is 5.76 Å². The molecular formula is C24H23ClN2O5S. The normalized spacial score (nSPS) is 16.7. The van der Waals surface area contributed by atoms with Crippen LogP contribution in [0.1, 0.15) is 21.9 Å². The molecule has 5 rings (SSSR count). The first-order valence-corrected chi connectivity index (χ1v) is 12.4. The van der Waals surface area contributed by atoms with Crippen LogP contribution in [0.15, 0.2) is 63.9 Å². The highest BCUT2D eigenvalue weighted by molar-refractivity contribution is 7.84. The highest BCUT2D eigenvalue weighted by Crippen LogP contribution is 2.33. The molecule has 0 aliphatic carbocycles. The van der Waals surface area contributed by atoms with Gasteiger partial charge in [-0.1, -0.05) is 17.7 Å². The van der Waals surface area contributed by atoms with Crippen LogP contribution in [-0.4, -0.2) is 52.9 Å². The molecule has 0 saturated carbocycles. The van der Waals surface area contributed by atoms with Gasteiger partial charge in [-0.25, -0.2) is 0 Å². The maximum atomic E-state index is 12.9. The van der Waals surface area contributed by atoms with Crippen molar-refractivity contribution in [3.63, 3.8) is 0 Å². The molecule has 2 aliphatic heterocycles. The molecule has 3 aromatic rings. The van der Waals surface area contributed by atoms with Gasteiger partial charge in [0.25, 0.3) is 5.91 Å². The molecule has 1 aromatic heterocycles. The fourth-order valence-corrected chi connectivity index (χ4v) is 5.08. The number of hydrogen-bond acceptors (Lipinski definition) is 6. The molecule has 0 radical (unpaired) electrons. The topological polar surface area (TPSA) is 72.2 Å². The molecule has 33 heavy (non-hydrogen) atoms. The first-order valence-electron chi connectivity index (χ1n) is 10.7. The van der Waals surface area contributed by atoms with E-state index in [1.54, 1.807) is 41.3 Å². The minimum absolute atomic E-state index is 0.138. The summed E-state index contributed by atoms with van der Waals surface area (Å²) >= 11 is 5.89. The number of hydrogen-bond donors (Lipinski definition) is 0. The summed E-state index contributed by atoms with van der Waals surface area (Å²) in [6.07, 6.45) is 0. The first kappa shape index (κ1) is 22.0. The van der Waals surface area contributed by atoms with Crippen molar-refractivity contribution in [3.05, 3.63) is 76.7 Å². The van der Waals surface area contributed by atoms with Gasteiger partial charge >= 0.3 is 0 Å². The third-order valence-electron chi connectivity index (χ3n) is 5.72. The Morgan fingerprint density at radius 2 is 1.70 bits per heavy atom. The van der Waals surface area contributed by atoms with Gasteiger partial charge < -0.3 is 18.8 Å². The van der Waals surface area contributed by atoms with Crippen LogP contribution in [0.5, 0.6) is 11.5 Å². The summed E-state index contributed by atoms with van der Waals surface area (Å²) < 4.78 is 29.1. The summed E-state index contributed by atoms with van der Waals surface area (Å²) in [7, 11) is -1.27. The van der Waals surface area contributed by atoms with Crippen molar-refractivity contribution in [2.24, 2.45) is 0 Å². The van der Waals surface area contributed by atoms with Crippen LogP contribution >= 0.6 is 11.6 Å². The zero-order valence-electron chi connectivity index (χ0n) is 17.9. The van der Waals surface area contributed by atoms with E-state index in [9.17, 15) is 9.00 Å². The summed E-state index contributed by atoms with van der Waals surface area (Å²) in [5, 5.41) is 0.595. The minimum atomic E-state index is -1.27. The Hall–Kier alpha value is -2.81. The van der Waals surface area contributed by atoms with Crippen molar-refractivity contribution in [1.82, 2.24) is 9.80 Å². The lowest BCUT2D eigenvalue weighted by Gasteiger charge is -2.34. The number of rotatable bonds is 6. The van der Waals surface area contributed by atoms with Crippen molar-refractivity contribution >= 4 is 28.3 Å². The van der Waals surface area contributed by atoms with Gasteiger partial charge in [-0.3, -0.25) is 13.9 Å². The fourth-order valence-electron chi connectivity index (χ4n) is 3.93. The third-order valence-corrected chi connectivity index (χ3v) is 7.32. The summed E-state index contributed by atoms with van der Waals surface area (Å²) in [4.78, 5) is 17.7. The van der Waals surface area contributed by atoms with Crippen LogP contribution in [0.25, 0.3) is 0 Å². The second-order valence-electron chi connectivity index (χ2n) is 7.97. The molecule has 2 aromatic carbocycles. The number of carbonyl (C=O) groups excluding carboxylic acids is 1. The molecule has 3 heterocycles. The lowest BCUT2D eigenvalue weighted by Crippen LogP contribution is -2.48. The van der Waals surface area contributed by atoms with E-state index in [0.29, 0.717) is 28.8 Å². The molecule has 2 aliphatic rings. The van der Waals surface area contributed by atoms with Gasteiger partial charge in [-0.2, -0.15) is 0 Å². The quantitative estimate of drug-likeness (QED) is 0.525. The van der Waals surface area contributed by atoms with Crippen LogP contribution in [0.2, 0.25) is 5.02 Å². The number of nitrogens with zero attached hydrogens (tertiary/aromatic N) is 2. The summed E-state index contributed by atoms with van der Waals surface area (Å²) in [6, 6.07) is 16.3. The summed E-state index contributed by atoms with van der Waals surface area (Å²) in [6.45, 7) is 3.85. The second kappa shape index (κ2) is 9.59. The molecule has 1 amide bonds. The third kappa shape index (κ3) is 5.08. The van der Waals surface area contributed by atoms with E-state index in [0.717, 1.165) is 36.7 Å². The monoisotopic (exact) mass is 486 g/mol. The number of benzene rings is 2. The highest BCUT2D eigenvalue weighted by Gasteiger charge is 2.25. The number of piperazine rings is 1. The average Bonchev–Trinajstić information content (AvgIpc) is 3.49. The number of ether oxygens (including phenoxy) is 2. The van der Waals surface area contributed by atoms with Crippen LogP contribution in [0, 0.1) is 0 Å². The van der Waals surface area contributed by atoms with E-state index in [1.807, 2.05) is 18.2 Å². The molecule has 172 valence electrons. The van der Waals surface area contributed by atoms with E-state index < -0.39 is 10.8 Å². The molecule has 0 bridgehead atoms. The van der Waals surface area contributed by atoms with Gasteiger partial charge in [0.05, 0.1) is 16.6 Å². The molecular weight excluding hydrogens is 464 g/mol. The molecule has 1 fully saturated rings. The van der Waals surface area contributed by atoms with Crippen LogP contribution in [0.3, 0.4) is 0 Å². The maximum absolute atomic E-state index is 12.9. The molecule has 7 nitrogen and oxygen atoms in total. The Bertz CT molecular complexity index is 1170. The van der Waals surface area contributed by atoms with Crippen LogP contribution in [0.4, 0.5) is 0 Å². The van der Waals surface area contributed by atoms with Crippen molar-refractivity contribution in [1.29, 1.82) is 0 Å². The van der Waals surface area contributed by atoms with Crippen LogP contribution < -0.4 is 9.47 Å². The zero-order valence-corrected chi connectivity index (χ0v) is 19.4. The number of amides is 1. The van der Waals surface area contributed by atoms with E-state index in [1.165, 1.54) is 0 Å². The Morgan fingerprint density at radius 1 is 0.939 bits per heavy atom. The molecule has 0 N–H and O–H groups in total. The Labute approximate surface area is 199 Å². The SMILES string of the molecule is O=C(c1ccc(C[S@](=O)c2ccc(Cl)cc2)o1)N1CCN(Cc2ccc3c(c2)OCO3)CC1. The van der Waals surface area contributed by atoms with Gasteiger partial charge in [0, 0.05) is 42.6 Å². The van der Waals surface area contributed by atoms with Gasteiger partial charge in [-0.15, -0.1) is 0 Å². The van der Waals surface area contributed by atoms with E-state index in [4.69, 9.17) is 25.5 Å². The smallest absolute Gasteiger partial charge is 0.289 e. The average molecular weight is 487 g/mol. The molecule has 0 spiro atoms. The zero-order chi connectivity index (χ0) is 22.8. The molecule has 0 unspecified atom stereocenters. The fraction of sp³-hybridized carbons (Fsp3) is 0.292. The predicted octanol–water partition coefficient (Wildman–Crippen LogP) is 3.93. The summed E-state index contributed by atoms with van der Waals surface area (Å²) in [5.41, 5.74) is 1.16. The van der Waals surface area contributed by atoms with Gasteiger partial charge in [0.2, 0.25) is 6.79 Å². The van der Waals surface area contributed by atoms with Crippen molar-refractivity contribution in [2.45, 2.75) is 17.2 Å². The van der Waals surface area contributed by atoms with Crippen molar-refractivity contribution in [2.75, 3.05) is 33.0 Å². The molecule has 1 saturated heterocycles. The number of carbonyl (C=O) groups is 1. The largest absolute Gasteiger partial charge is 0.455 e. The summed E-state index contributed by atoms with van der Waals surface area (Å²) in [5.74, 6) is 2.44. The van der Waals surface area contributed by atoms with Crippen molar-refractivity contribution in [3.8, 4) is 11.5 Å². The van der Waals surface area contributed by atoms with E-state index >= 15 is 0 Å². The molecule has 1 atom stereocenters. The van der Waals surface area contributed by atoms with Crippen LogP contribution in [-0.2, 0) is 23.1 Å². The van der Waals surface area contributed by atoms with Gasteiger partial charge in [-0.05, 0) is 54.1 Å². The second-order valence-corrected chi connectivity index (χ2v) is 9.85.